The van der Waals surface area contributed by atoms with E-state index in [1.807, 2.05) is 59.5 Å². The van der Waals surface area contributed by atoms with Crippen LogP contribution in [0.5, 0.6) is 0 Å². The smallest absolute Gasteiger partial charge is 0.407 e. The lowest BCUT2D eigenvalue weighted by molar-refractivity contribution is -0.149. The maximum Gasteiger partial charge on any atom is 0.407 e. The number of carbonyl (C=O) groups is 3. The molecule has 9 heteroatoms. The highest BCUT2D eigenvalue weighted by atomic mass is 16.5. The Morgan fingerprint density at radius 2 is 1.62 bits per heavy atom. The predicted octanol–water partition coefficient (Wildman–Crippen LogP) is 3.78. The molecular formula is C33H35N3O6. The Labute approximate surface area is 244 Å². The van der Waals surface area contributed by atoms with Gasteiger partial charge in [-0.15, -0.1) is 0 Å². The van der Waals surface area contributed by atoms with Crippen molar-refractivity contribution in [2.24, 2.45) is 5.92 Å². The van der Waals surface area contributed by atoms with Crippen LogP contribution in [0.1, 0.15) is 35.4 Å². The number of hydrogen-bond donors (Lipinski definition) is 3. The van der Waals surface area contributed by atoms with Crippen molar-refractivity contribution in [2.75, 3.05) is 32.8 Å². The highest BCUT2D eigenvalue weighted by molar-refractivity contribution is 5.90. The minimum atomic E-state index is -1.39. The second-order valence-electron chi connectivity index (χ2n) is 11.4. The lowest BCUT2D eigenvalue weighted by atomic mass is 9.95. The number of ether oxygens (including phenoxy) is 2. The van der Waals surface area contributed by atoms with Crippen LogP contribution in [0.4, 0.5) is 4.79 Å². The van der Waals surface area contributed by atoms with Crippen LogP contribution in [0.25, 0.3) is 11.1 Å². The molecule has 1 unspecified atom stereocenters. The third-order valence-corrected chi connectivity index (χ3v) is 8.69. The van der Waals surface area contributed by atoms with Crippen LogP contribution >= 0.6 is 0 Å². The standard InChI is InChI=1S/C33H35N3O6/c37-30(35-33(31(38)39)15-16-36(21-33)19-22-8-2-1-3-9-22)29-23(14-17-41-29)18-34-32(40)42-20-28-26-12-6-4-10-24(26)25-11-5-7-13-27(25)28/h1-13,23,28-29H,14-21H2,(H,34,40)(H,35,37)(H,38,39)/t23-,29-,33?/m0/s1. The number of aliphatic carboxylic acids is 1. The number of benzene rings is 3. The fourth-order valence-electron chi connectivity index (χ4n) is 6.50. The van der Waals surface area contributed by atoms with E-state index in [9.17, 15) is 19.5 Å². The van der Waals surface area contributed by atoms with E-state index in [1.54, 1.807) is 0 Å². The van der Waals surface area contributed by atoms with Crippen molar-refractivity contribution in [2.45, 2.75) is 36.9 Å². The Balaban J connectivity index is 1.02. The molecule has 1 aliphatic carbocycles. The first-order chi connectivity index (χ1) is 20.4. The van der Waals surface area contributed by atoms with Crippen LogP contribution in [0.15, 0.2) is 78.9 Å². The molecule has 0 saturated carbocycles. The highest BCUT2D eigenvalue weighted by Crippen LogP contribution is 2.44. The van der Waals surface area contributed by atoms with Gasteiger partial charge in [0.1, 0.15) is 12.7 Å². The van der Waals surface area contributed by atoms with E-state index in [0.717, 1.165) is 27.8 Å². The molecule has 6 rings (SSSR count). The van der Waals surface area contributed by atoms with Gasteiger partial charge in [-0.2, -0.15) is 0 Å². The number of hydrogen-bond acceptors (Lipinski definition) is 6. The van der Waals surface area contributed by atoms with Gasteiger partial charge in [0.2, 0.25) is 5.91 Å². The lowest BCUT2D eigenvalue weighted by Gasteiger charge is -2.29. The zero-order valence-electron chi connectivity index (χ0n) is 23.3. The lowest BCUT2D eigenvalue weighted by Crippen LogP contribution is -2.59. The van der Waals surface area contributed by atoms with E-state index in [2.05, 4.69) is 34.9 Å². The maximum atomic E-state index is 13.3. The first kappa shape index (κ1) is 27.9. The number of nitrogens with zero attached hydrogens (tertiary/aromatic N) is 1. The molecule has 218 valence electrons. The molecule has 42 heavy (non-hydrogen) atoms. The Hall–Kier alpha value is -4.21. The van der Waals surface area contributed by atoms with Gasteiger partial charge in [0.05, 0.1) is 0 Å². The van der Waals surface area contributed by atoms with Gasteiger partial charge in [-0.1, -0.05) is 78.9 Å². The predicted molar refractivity (Wildman–Crippen MR) is 156 cm³/mol. The molecule has 3 N–H and O–H groups in total. The second-order valence-corrected chi connectivity index (χ2v) is 11.4. The second kappa shape index (κ2) is 12.0. The van der Waals surface area contributed by atoms with Crippen molar-refractivity contribution in [3.8, 4) is 11.1 Å². The molecule has 0 radical (unpaired) electrons. The number of amides is 2. The van der Waals surface area contributed by atoms with E-state index in [-0.39, 0.29) is 31.5 Å². The van der Waals surface area contributed by atoms with Crippen molar-refractivity contribution >= 4 is 18.0 Å². The summed E-state index contributed by atoms with van der Waals surface area (Å²) in [5, 5.41) is 15.7. The molecule has 2 aliphatic heterocycles. The number of likely N-dealkylation sites (tertiary alicyclic amines) is 1. The molecule has 3 aromatic carbocycles. The molecule has 9 nitrogen and oxygen atoms in total. The van der Waals surface area contributed by atoms with Gasteiger partial charge in [0.25, 0.3) is 0 Å². The number of alkyl carbamates (subject to hydrolysis) is 1. The van der Waals surface area contributed by atoms with Crippen molar-refractivity contribution in [3.63, 3.8) is 0 Å². The Kier molecular flexibility index (Phi) is 7.95. The third kappa shape index (κ3) is 5.62. The molecule has 3 atom stereocenters. The summed E-state index contributed by atoms with van der Waals surface area (Å²) in [6.45, 7) is 2.12. The summed E-state index contributed by atoms with van der Waals surface area (Å²) in [4.78, 5) is 40.4. The van der Waals surface area contributed by atoms with Gasteiger partial charge in [-0.3, -0.25) is 9.69 Å². The minimum absolute atomic E-state index is 0.0448. The van der Waals surface area contributed by atoms with Crippen LogP contribution in [-0.4, -0.2) is 72.5 Å². The minimum Gasteiger partial charge on any atom is -0.479 e. The Morgan fingerprint density at radius 1 is 0.952 bits per heavy atom. The topological polar surface area (TPSA) is 117 Å². The third-order valence-electron chi connectivity index (χ3n) is 8.69. The van der Waals surface area contributed by atoms with E-state index in [4.69, 9.17) is 9.47 Å². The van der Waals surface area contributed by atoms with Gasteiger partial charge in [0.15, 0.2) is 5.54 Å². The zero-order valence-corrected chi connectivity index (χ0v) is 23.3. The number of rotatable bonds is 9. The molecule has 3 aliphatic rings. The normalized spacial score (nSPS) is 23.2. The maximum absolute atomic E-state index is 13.3. The van der Waals surface area contributed by atoms with Gasteiger partial charge in [0, 0.05) is 44.6 Å². The summed E-state index contributed by atoms with van der Waals surface area (Å²) in [7, 11) is 0. The van der Waals surface area contributed by atoms with Crippen LogP contribution in [0.2, 0.25) is 0 Å². The van der Waals surface area contributed by atoms with E-state index >= 15 is 0 Å². The summed E-state index contributed by atoms with van der Waals surface area (Å²) in [6, 6.07) is 26.1. The average molecular weight is 570 g/mol. The highest BCUT2D eigenvalue weighted by Gasteiger charge is 2.48. The quantitative estimate of drug-likeness (QED) is 0.359. The SMILES string of the molecule is O=C(NC[C@@H]1CCO[C@@H]1C(=O)NC1(C(=O)O)CCN(Cc2ccccc2)C1)OCC1c2ccccc2-c2ccccc21. The molecule has 2 heterocycles. The van der Waals surface area contributed by atoms with Crippen LogP contribution < -0.4 is 10.6 Å². The van der Waals surface area contributed by atoms with Crippen molar-refractivity contribution in [3.05, 3.63) is 95.6 Å². The number of carboxylic acids is 1. The van der Waals surface area contributed by atoms with E-state index in [1.165, 1.54) is 0 Å². The molecular weight excluding hydrogens is 534 g/mol. The number of carboxylic acid groups (broad SMARTS) is 1. The van der Waals surface area contributed by atoms with Crippen molar-refractivity contribution in [1.82, 2.24) is 15.5 Å². The molecule has 2 fully saturated rings. The van der Waals surface area contributed by atoms with Crippen LogP contribution in [0.3, 0.4) is 0 Å². The average Bonchev–Trinajstić information content (AvgIpc) is 3.72. The van der Waals surface area contributed by atoms with Gasteiger partial charge < -0.3 is 25.2 Å². The van der Waals surface area contributed by atoms with Gasteiger partial charge in [-0.25, -0.2) is 9.59 Å². The fraction of sp³-hybridized carbons (Fsp3) is 0.364. The fourth-order valence-corrected chi connectivity index (χ4v) is 6.50. The van der Waals surface area contributed by atoms with E-state index < -0.39 is 29.6 Å². The number of carbonyl (C=O) groups excluding carboxylic acids is 2. The first-order valence-corrected chi connectivity index (χ1v) is 14.5. The molecule has 0 bridgehead atoms. The Morgan fingerprint density at radius 3 is 2.31 bits per heavy atom. The largest absolute Gasteiger partial charge is 0.479 e. The monoisotopic (exact) mass is 569 g/mol. The van der Waals surface area contributed by atoms with Crippen LogP contribution in [-0.2, 0) is 25.6 Å². The summed E-state index contributed by atoms with van der Waals surface area (Å²) >= 11 is 0. The molecule has 0 spiro atoms. The summed E-state index contributed by atoms with van der Waals surface area (Å²) in [5.74, 6) is -1.86. The summed E-state index contributed by atoms with van der Waals surface area (Å²) < 4.78 is 11.4. The van der Waals surface area contributed by atoms with Gasteiger partial charge in [-0.05, 0) is 40.7 Å². The van der Waals surface area contributed by atoms with Gasteiger partial charge >= 0.3 is 12.1 Å². The molecule has 3 aromatic rings. The first-order valence-electron chi connectivity index (χ1n) is 14.5. The van der Waals surface area contributed by atoms with Crippen molar-refractivity contribution < 1.29 is 29.0 Å². The number of nitrogens with one attached hydrogen (secondary N) is 2. The Bertz CT molecular complexity index is 1420. The molecule has 2 saturated heterocycles. The van der Waals surface area contributed by atoms with Crippen LogP contribution in [0, 0.1) is 5.92 Å². The van der Waals surface area contributed by atoms with E-state index in [0.29, 0.717) is 32.5 Å². The molecule has 2 amide bonds. The molecule has 0 aromatic heterocycles. The zero-order chi connectivity index (χ0) is 29.1. The summed E-state index contributed by atoms with van der Waals surface area (Å²) in [6.07, 6.45) is -0.534. The van der Waals surface area contributed by atoms with Crippen molar-refractivity contribution in [1.29, 1.82) is 0 Å². The summed E-state index contributed by atoms with van der Waals surface area (Å²) in [5.41, 5.74) is 4.28. The number of fused-ring (bicyclic) bond motifs is 3.